The van der Waals surface area contributed by atoms with Gasteiger partial charge in [-0.3, -0.25) is 0 Å². The average molecular weight is 354 g/mol. The highest BCUT2D eigenvalue weighted by Crippen LogP contribution is 2.24. The number of aromatic nitrogens is 1. The van der Waals surface area contributed by atoms with E-state index in [2.05, 4.69) is 10.3 Å². The minimum Gasteiger partial charge on any atom is -0.445 e. The number of ether oxygens (including phenoxy) is 1. The highest BCUT2D eigenvalue weighted by molar-refractivity contribution is 5.67. The van der Waals surface area contributed by atoms with E-state index in [0.717, 1.165) is 5.56 Å². The van der Waals surface area contributed by atoms with E-state index in [1.54, 1.807) is 25.1 Å². The van der Waals surface area contributed by atoms with Crippen LogP contribution in [0.3, 0.4) is 0 Å². The van der Waals surface area contributed by atoms with Crippen LogP contribution in [0.2, 0.25) is 0 Å². The monoisotopic (exact) mass is 354 g/mol. The number of amides is 1. The molecule has 26 heavy (non-hydrogen) atoms. The van der Waals surface area contributed by atoms with Gasteiger partial charge in [0.2, 0.25) is 5.89 Å². The van der Waals surface area contributed by atoms with Crippen molar-refractivity contribution in [2.75, 3.05) is 6.54 Å². The predicted octanol–water partition coefficient (Wildman–Crippen LogP) is 4.26. The van der Waals surface area contributed by atoms with Crippen molar-refractivity contribution < 1.29 is 18.3 Å². The molecule has 134 valence electrons. The largest absolute Gasteiger partial charge is 0.445 e. The Balaban J connectivity index is 1.51. The van der Waals surface area contributed by atoms with E-state index in [9.17, 15) is 9.18 Å². The number of hydrogen-bond donors (Lipinski definition) is 1. The molecule has 0 spiro atoms. The molecule has 0 radical (unpaired) electrons. The third-order valence-corrected chi connectivity index (χ3v) is 3.84. The van der Waals surface area contributed by atoms with Crippen LogP contribution in [-0.4, -0.2) is 17.6 Å². The van der Waals surface area contributed by atoms with Crippen LogP contribution in [0, 0.1) is 12.7 Å². The van der Waals surface area contributed by atoms with E-state index in [4.69, 9.17) is 9.15 Å². The maximum Gasteiger partial charge on any atom is 0.407 e. The third-order valence-electron chi connectivity index (χ3n) is 3.84. The fourth-order valence-electron chi connectivity index (χ4n) is 2.47. The lowest BCUT2D eigenvalue weighted by atomic mass is 10.2. The molecule has 0 fully saturated rings. The van der Waals surface area contributed by atoms with Crippen molar-refractivity contribution in [1.29, 1.82) is 0 Å². The molecular weight excluding hydrogens is 335 g/mol. The zero-order valence-corrected chi connectivity index (χ0v) is 14.4. The van der Waals surface area contributed by atoms with E-state index in [1.165, 1.54) is 6.07 Å². The topological polar surface area (TPSA) is 64.4 Å². The SMILES string of the molecule is Cc1oc(-c2ccccc2F)nc1CCNC(=O)OCc1ccccc1. The van der Waals surface area contributed by atoms with Gasteiger partial charge in [-0.25, -0.2) is 14.2 Å². The van der Waals surface area contributed by atoms with Gasteiger partial charge in [-0.15, -0.1) is 0 Å². The molecule has 3 aromatic rings. The Morgan fingerprint density at radius 2 is 1.88 bits per heavy atom. The molecule has 0 atom stereocenters. The van der Waals surface area contributed by atoms with Gasteiger partial charge >= 0.3 is 6.09 Å². The summed E-state index contributed by atoms with van der Waals surface area (Å²) in [5.74, 6) is 0.452. The average Bonchev–Trinajstić information content (AvgIpc) is 3.02. The van der Waals surface area contributed by atoms with Crippen molar-refractivity contribution in [1.82, 2.24) is 10.3 Å². The van der Waals surface area contributed by atoms with Crippen LogP contribution in [-0.2, 0) is 17.8 Å². The molecule has 1 amide bonds. The Bertz CT molecular complexity index is 878. The van der Waals surface area contributed by atoms with Crippen LogP contribution in [0.15, 0.2) is 59.0 Å². The summed E-state index contributed by atoms with van der Waals surface area (Å²) in [4.78, 5) is 16.1. The maximum absolute atomic E-state index is 13.8. The van der Waals surface area contributed by atoms with Crippen LogP contribution in [0.1, 0.15) is 17.0 Å². The van der Waals surface area contributed by atoms with Gasteiger partial charge in [-0.1, -0.05) is 42.5 Å². The first-order valence-corrected chi connectivity index (χ1v) is 8.29. The fraction of sp³-hybridized carbons (Fsp3) is 0.200. The summed E-state index contributed by atoms with van der Waals surface area (Å²) in [5.41, 5.74) is 1.91. The lowest BCUT2D eigenvalue weighted by Crippen LogP contribution is -2.26. The van der Waals surface area contributed by atoms with Gasteiger partial charge < -0.3 is 14.5 Å². The number of nitrogens with zero attached hydrogens (tertiary/aromatic N) is 1. The molecular formula is C20H19FN2O3. The molecule has 6 heteroatoms. The zero-order valence-electron chi connectivity index (χ0n) is 14.4. The van der Waals surface area contributed by atoms with E-state index < -0.39 is 6.09 Å². The van der Waals surface area contributed by atoms with E-state index in [-0.39, 0.29) is 18.3 Å². The first-order valence-electron chi connectivity index (χ1n) is 8.29. The molecule has 0 unspecified atom stereocenters. The third kappa shape index (κ3) is 4.47. The number of hydrogen-bond acceptors (Lipinski definition) is 4. The molecule has 0 bridgehead atoms. The second-order valence-electron chi connectivity index (χ2n) is 5.74. The quantitative estimate of drug-likeness (QED) is 0.718. The Labute approximate surface area is 150 Å². The van der Waals surface area contributed by atoms with Gasteiger partial charge in [-0.2, -0.15) is 0 Å². The van der Waals surface area contributed by atoms with Gasteiger partial charge in [0, 0.05) is 13.0 Å². The summed E-state index contributed by atoms with van der Waals surface area (Å²) in [7, 11) is 0. The Morgan fingerprint density at radius 3 is 2.65 bits per heavy atom. The highest BCUT2D eigenvalue weighted by atomic mass is 19.1. The Kier molecular flexibility index (Phi) is 5.63. The number of carbonyl (C=O) groups is 1. The van der Waals surface area contributed by atoms with Crippen molar-refractivity contribution in [2.45, 2.75) is 20.0 Å². The van der Waals surface area contributed by atoms with Crippen molar-refractivity contribution >= 4 is 6.09 Å². The predicted molar refractivity (Wildman–Crippen MR) is 95.0 cm³/mol. The summed E-state index contributed by atoms with van der Waals surface area (Å²) >= 11 is 0. The molecule has 0 saturated carbocycles. The molecule has 1 heterocycles. The Hall–Kier alpha value is -3.15. The summed E-state index contributed by atoms with van der Waals surface area (Å²) in [6, 6.07) is 15.8. The molecule has 0 aliphatic heterocycles. The molecule has 0 saturated heterocycles. The van der Waals surface area contributed by atoms with Gasteiger partial charge in [0.05, 0.1) is 11.3 Å². The second-order valence-corrected chi connectivity index (χ2v) is 5.74. The maximum atomic E-state index is 13.8. The number of oxazole rings is 1. The molecule has 1 N–H and O–H groups in total. The molecule has 3 rings (SSSR count). The van der Waals surface area contributed by atoms with Crippen molar-refractivity contribution in [3.63, 3.8) is 0 Å². The summed E-state index contributed by atoms with van der Waals surface area (Å²) in [6.45, 7) is 2.32. The van der Waals surface area contributed by atoms with Crippen LogP contribution in [0.4, 0.5) is 9.18 Å². The van der Waals surface area contributed by atoms with Crippen LogP contribution in [0.25, 0.3) is 11.5 Å². The first kappa shape index (κ1) is 17.7. The number of halogens is 1. The number of rotatable bonds is 6. The van der Waals surface area contributed by atoms with E-state index in [0.29, 0.717) is 30.0 Å². The lowest BCUT2D eigenvalue weighted by molar-refractivity contribution is 0.140. The van der Waals surface area contributed by atoms with Crippen molar-refractivity contribution in [3.8, 4) is 11.5 Å². The first-order chi connectivity index (χ1) is 12.6. The second kappa shape index (κ2) is 8.29. The molecule has 0 aliphatic carbocycles. The Morgan fingerprint density at radius 1 is 1.15 bits per heavy atom. The fourth-order valence-corrected chi connectivity index (χ4v) is 2.47. The van der Waals surface area contributed by atoms with Crippen molar-refractivity contribution in [3.05, 3.63) is 77.4 Å². The number of nitrogens with one attached hydrogen (secondary N) is 1. The van der Waals surface area contributed by atoms with Gasteiger partial charge in [0.1, 0.15) is 18.2 Å². The highest BCUT2D eigenvalue weighted by Gasteiger charge is 2.14. The van der Waals surface area contributed by atoms with Gasteiger partial charge in [0.15, 0.2) is 0 Å². The van der Waals surface area contributed by atoms with Gasteiger partial charge in [0.25, 0.3) is 0 Å². The summed E-state index contributed by atoms with van der Waals surface area (Å²) in [5, 5.41) is 2.67. The summed E-state index contributed by atoms with van der Waals surface area (Å²) < 4.78 is 24.5. The zero-order chi connectivity index (χ0) is 18.4. The molecule has 1 aromatic heterocycles. The lowest BCUT2D eigenvalue weighted by Gasteiger charge is -2.06. The van der Waals surface area contributed by atoms with Crippen LogP contribution in [0.5, 0.6) is 0 Å². The number of alkyl carbamates (subject to hydrolysis) is 1. The molecule has 5 nitrogen and oxygen atoms in total. The minimum absolute atomic E-state index is 0.215. The normalized spacial score (nSPS) is 10.5. The molecule has 2 aromatic carbocycles. The van der Waals surface area contributed by atoms with Crippen LogP contribution < -0.4 is 5.32 Å². The van der Waals surface area contributed by atoms with E-state index >= 15 is 0 Å². The number of benzene rings is 2. The standard InChI is InChI=1S/C20H19FN2O3/c1-14-18(23-19(26-14)16-9-5-6-10-17(16)21)11-12-22-20(24)25-13-15-7-3-2-4-8-15/h2-10H,11-13H2,1H3,(H,22,24). The number of carbonyl (C=O) groups excluding carboxylic acids is 1. The number of aryl methyl sites for hydroxylation is 1. The molecule has 0 aliphatic rings. The van der Waals surface area contributed by atoms with E-state index in [1.807, 2.05) is 30.3 Å². The van der Waals surface area contributed by atoms with Crippen molar-refractivity contribution in [2.24, 2.45) is 0 Å². The minimum atomic E-state index is -0.496. The summed E-state index contributed by atoms with van der Waals surface area (Å²) in [6.07, 6.45) is -0.0335. The smallest absolute Gasteiger partial charge is 0.407 e. The van der Waals surface area contributed by atoms with Crippen LogP contribution >= 0.6 is 0 Å². The van der Waals surface area contributed by atoms with Gasteiger partial charge in [-0.05, 0) is 24.6 Å².